The Morgan fingerprint density at radius 2 is 2.12 bits per heavy atom. The molecule has 2 aliphatic rings. The molecule has 1 aromatic rings. The van der Waals surface area contributed by atoms with E-state index in [-0.39, 0.29) is 11.9 Å². The highest BCUT2D eigenvalue weighted by Gasteiger charge is 2.36. The Labute approximate surface area is 150 Å². The minimum atomic E-state index is -0.628. The van der Waals surface area contributed by atoms with E-state index in [1.165, 1.54) is 11.3 Å². The Bertz CT molecular complexity index is 658. The van der Waals surface area contributed by atoms with Gasteiger partial charge in [-0.15, -0.1) is 0 Å². The fraction of sp³-hybridized carbons (Fsp3) is 0.600. The standard InChI is InChI=1S/C20H28N4O/c1-23(2)17-8-5-7-16(13-17)18-9-6-12-24(18)14-19(25)22-20(15-21)10-3-4-11-20/h5,7-8,13,18H,3-4,6,9-12,14H2,1-2H3,(H,22,25)/t18-/m0/s1. The van der Waals surface area contributed by atoms with Crippen molar-refractivity contribution in [3.05, 3.63) is 29.8 Å². The van der Waals surface area contributed by atoms with E-state index in [9.17, 15) is 10.1 Å². The molecule has 0 aromatic heterocycles. The number of nitrogens with one attached hydrogen (secondary N) is 1. The van der Waals surface area contributed by atoms with Gasteiger partial charge in [0.1, 0.15) is 5.54 Å². The predicted octanol–water partition coefficient (Wildman–Crippen LogP) is 2.84. The topological polar surface area (TPSA) is 59.4 Å². The molecule has 1 amide bonds. The number of nitriles is 1. The summed E-state index contributed by atoms with van der Waals surface area (Å²) in [6, 6.07) is 11.2. The summed E-state index contributed by atoms with van der Waals surface area (Å²) in [5.74, 6) is -0.0147. The number of anilines is 1. The number of hydrogen-bond acceptors (Lipinski definition) is 4. The fourth-order valence-electron chi connectivity index (χ4n) is 4.14. The molecule has 1 saturated carbocycles. The van der Waals surface area contributed by atoms with Crippen LogP contribution in [-0.2, 0) is 4.79 Å². The van der Waals surface area contributed by atoms with Gasteiger partial charge in [0.2, 0.25) is 5.91 Å². The smallest absolute Gasteiger partial charge is 0.235 e. The van der Waals surface area contributed by atoms with Crippen LogP contribution in [0, 0.1) is 11.3 Å². The zero-order chi connectivity index (χ0) is 17.9. The van der Waals surface area contributed by atoms with Gasteiger partial charge < -0.3 is 10.2 Å². The molecule has 3 rings (SSSR count). The Balaban J connectivity index is 1.67. The lowest BCUT2D eigenvalue weighted by molar-refractivity contribution is -0.123. The molecule has 1 N–H and O–H groups in total. The molecular weight excluding hydrogens is 312 g/mol. The van der Waals surface area contributed by atoms with Crippen LogP contribution in [0.25, 0.3) is 0 Å². The van der Waals surface area contributed by atoms with Gasteiger partial charge in [-0.1, -0.05) is 12.1 Å². The van der Waals surface area contributed by atoms with Crippen molar-refractivity contribution in [1.82, 2.24) is 10.2 Å². The molecule has 5 nitrogen and oxygen atoms in total. The van der Waals surface area contributed by atoms with E-state index < -0.39 is 5.54 Å². The Hall–Kier alpha value is -2.06. The summed E-state index contributed by atoms with van der Waals surface area (Å²) in [6.07, 6.45) is 5.79. The van der Waals surface area contributed by atoms with Crippen molar-refractivity contribution in [2.75, 3.05) is 32.1 Å². The molecule has 2 fully saturated rings. The van der Waals surface area contributed by atoms with Crippen LogP contribution in [0.3, 0.4) is 0 Å². The second-order valence-electron chi connectivity index (χ2n) is 7.57. The summed E-state index contributed by atoms with van der Waals surface area (Å²) < 4.78 is 0. The lowest BCUT2D eigenvalue weighted by Gasteiger charge is -2.28. The highest BCUT2D eigenvalue weighted by atomic mass is 16.2. The van der Waals surface area contributed by atoms with Crippen LogP contribution in [0.4, 0.5) is 5.69 Å². The van der Waals surface area contributed by atoms with E-state index in [4.69, 9.17) is 0 Å². The van der Waals surface area contributed by atoms with Crippen LogP contribution >= 0.6 is 0 Å². The normalized spacial score (nSPS) is 22.5. The number of benzene rings is 1. The summed E-state index contributed by atoms with van der Waals surface area (Å²) in [7, 11) is 4.09. The third-order valence-electron chi connectivity index (χ3n) is 5.53. The van der Waals surface area contributed by atoms with Crippen molar-refractivity contribution in [1.29, 1.82) is 5.26 Å². The van der Waals surface area contributed by atoms with Crippen molar-refractivity contribution >= 4 is 11.6 Å². The molecule has 5 heteroatoms. The van der Waals surface area contributed by atoms with E-state index in [1.54, 1.807) is 0 Å². The van der Waals surface area contributed by atoms with Crippen LogP contribution < -0.4 is 10.2 Å². The lowest BCUT2D eigenvalue weighted by atomic mass is 10.00. The van der Waals surface area contributed by atoms with E-state index in [1.807, 2.05) is 14.1 Å². The van der Waals surface area contributed by atoms with E-state index in [0.717, 1.165) is 45.1 Å². The second-order valence-corrected chi connectivity index (χ2v) is 7.57. The maximum atomic E-state index is 12.6. The molecular formula is C20H28N4O. The van der Waals surface area contributed by atoms with Gasteiger partial charge in [-0.2, -0.15) is 5.26 Å². The molecule has 1 saturated heterocycles. The van der Waals surface area contributed by atoms with Gasteiger partial charge in [-0.25, -0.2) is 0 Å². The number of hydrogen-bond donors (Lipinski definition) is 1. The lowest BCUT2D eigenvalue weighted by Crippen LogP contribution is -2.48. The summed E-state index contributed by atoms with van der Waals surface area (Å²) in [5.41, 5.74) is 1.83. The van der Waals surface area contributed by atoms with E-state index in [2.05, 4.69) is 45.5 Å². The Morgan fingerprint density at radius 1 is 1.36 bits per heavy atom. The molecule has 1 aliphatic carbocycles. The maximum absolute atomic E-state index is 12.6. The first-order valence-corrected chi connectivity index (χ1v) is 9.27. The van der Waals surface area contributed by atoms with Gasteiger partial charge >= 0.3 is 0 Å². The van der Waals surface area contributed by atoms with Gasteiger partial charge in [0.25, 0.3) is 0 Å². The van der Waals surface area contributed by atoms with Crippen molar-refractivity contribution in [2.24, 2.45) is 0 Å². The summed E-state index contributed by atoms with van der Waals surface area (Å²) >= 11 is 0. The molecule has 134 valence electrons. The summed E-state index contributed by atoms with van der Waals surface area (Å²) in [6.45, 7) is 1.31. The van der Waals surface area contributed by atoms with Crippen LogP contribution in [0.2, 0.25) is 0 Å². The first-order chi connectivity index (χ1) is 12.0. The Kier molecular flexibility index (Phi) is 5.29. The summed E-state index contributed by atoms with van der Waals surface area (Å²) in [4.78, 5) is 16.9. The van der Waals surface area contributed by atoms with Gasteiger partial charge in [0, 0.05) is 25.8 Å². The number of carbonyl (C=O) groups excluding carboxylic acids is 1. The SMILES string of the molecule is CN(C)c1cccc([C@@H]2CCCN2CC(=O)NC2(C#N)CCCC2)c1. The number of nitrogens with zero attached hydrogens (tertiary/aromatic N) is 3. The van der Waals surface area contributed by atoms with Gasteiger partial charge in [-0.05, 0) is 62.8 Å². The second kappa shape index (κ2) is 7.45. The zero-order valence-corrected chi connectivity index (χ0v) is 15.3. The van der Waals surface area contributed by atoms with Crippen molar-refractivity contribution < 1.29 is 4.79 Å². The monoisotopic (exact) mass is 340 g/mol. The molecule has 1 heterocycles. The van der Waals surface area contributed by atoms with E-state index in [0.29, 0.717) is 6.54 Å². The molecule has 1 atom stereocenters. The first kappa shape index (κ1) is 17.8. The highest BCUT2D eigenvalue weighted by molar-refractivity contribution is 5.79. The third kappa shape index (κ3) is 3.96. The number of rotatable bonds is 5. The first-order valence-electron chi connectivity index (χ1n) is 9.27. The third-order valence-corrected chi connectivity index (χ3v) is 5.53. The van der Waals surface area contributed by atoms with Crippen LogP contribution in [0.15, 0.2) is 24.3 Å². The number of amides is 1. The molecule has 0 spiro atoms. The van der Waals surface area contributed by atoms with Crippen LogP contribution in [-0.4, -0.2) is 43.5 Å². The number of likely N-dealkylation sites (tertiary alicyclic amines) is 1. The molecule has 0 bridgehead atoms. The molecule has 0 unspecified atom stereocenters. The predicted molar refractivity (Wildman–Crippen MR) is 99.3 cm³/mol. The summed E-state index contributed by atoms with van der Waals surface area (Å²) in [5, 5.41) is 12.5. The van der Waals surface area contributed by atoms with Gasteiger partial charge in [0.15, 0.2) is 0 Å². The number of carbonyl (C=O) groups is 1. The highest BCUT2D eigenvalue weighted by Crippen LogP contribution is 2.33. The van der Waals surface area contributed by atoms with Crippen molar-refractivity contribution in [3.63, 3.8) is 0 Å². The maximum Gasteiger partial charge on any atom is 0.235 e. The quantitative estimate of drug-likeness (QED) is 0.895. The largest absolute Gasteiger partial charge is 0.378 e. The molecule has 25 heavy (non-hydrogen) atoms. The minimum Gasteiger partial charge on any atom is -0.378 e. The van der Waals surface area contributed by atoms with E-state index >= 15 is 0 Å². The van der Waals surface area contributed by atoms with Crippen LogP contribution in [0.1, 0.15) is 50.1 Å². The van der Waals surface area contributed by atoms with Crippen LogP contribution in [0.5, 0.6) is 0 Å². The van der Waals surface area contributed by atoms with Crippen molar-refractivity contribution in [3.8, 4) is 6.07 Å². The van der Waals surface area contributed by atoms with Gasteiger partial charge in [0.05, 0.1) is 12.6 Å². The minimum absolute atomic E-state index is 0.0147. The zero-order valence-electron chi connectivity index (χ0n) is 15.3. The molecule has 1 aliphatic heterocycles. The molecule has 0 radical (unpaired) electrons. The van der Waals surface area contributed by atoms with Crippen molar-refractivity contribution in [2.45, 2.75) is 50.1 Å². The average molecular weight is 340 g/mol. The fourth-order valence-corrected chi connectivity index (χ4v) is 4.14. The molecule has 1 aromatic carbocycles. The average Bonchev–Trinajstić information content (AvgIpc) is 3.25. The van der Waals surface area contributed by atoms with Gasteiger partial charge in [-0.3, -0.25) is 9.69 Å². The Morgan fingerprint density at radius 3 is 2.80 bits per heavy atom.